The van der Waals surface area contributed by atoms with Crippen LogP contribution in [0.2, 0.25) is 10.0 Å². The van der Waals surface area contributed by atoms with Gasteiger partial charge in [-0.2, -0.15) is 0 Å². The predicted molar refractivity (Wildman–Crippen MR) is 110 cm³/mol. The zero-order valence-electron chi connectivity index (χ0n) is 15.2. The number of aromatic nitrogens is 3. The number of nitrogens with zero attached hydrogens (tertiary/aromatic N) is 3. The molecule has 0 fully saturated rings. The van der Waals surface area contributed by atoms with Crippen molar-refractivity contribution >= 4 is 57.2 Å². The molecule has 4 rings (SSSR count). The van der Waals surface area contributed by atoms with Crippen LogP contribution in [-0.2, 0) is 0 Å². The number of imidazole rings is 1. The number of anilines is 2. The van der Waals surface area contributed by atoms with Gasteiger partial charge >= 0.3 is 5.97 Å². The summed E-state index contributed by atoms with van der Waals surface area (Å²) in [5, 5.41) is 12.6. The predicted octanol–water partition coefficient (Wildman–Crippen LogP) is 4.65. The fourth-order valence-corrected chi connectivity index (χ4v) is 3.59. The third-order valence-corrected chi connectivity index (χ3v) is 4.98. The van der Waals surface area contributed by atoms with Crippen molar-refractivity contribution in [3.05, 3.63) is 52.4 Å². The largest absolute Gasteiger partial charge is 0.493 e. The average molecular weight is 433 g/mol. The summed E-state index contributed by atoms with van der Waals surface area (Å²) in [6.45, 7) is 0. The lowest BCUT2D eigenvalue weighted by Gasteiger charge is -2.15. The van der Waals surface area contributed by atoms with E-state index in [9.17, 15) is 4.79 Å². The van der Waals surface area contributed by atoms with E-state index < -0.39 is 5.97 Å². The first-order valence-corrected chi connectivity index (χ1v) is 9.05. The van der Waals surface area contributed by atoms with Crippen LogP contribution in [0.25, 0.3) is 16.6 Å². The zero-order valence-corrected chi connectivity index (χ0v) is 16.7. The van der Waals surface area contributed by atoms with Crippen LogP contribution >= 0.6 is 23.2 Å². The van der Waals surface area contributed by atoms with Gasteiger partial charge < -0.3 is 19.9 Å². The highest BCUT2D eigenvalue weighted by atomic mass is 35.5. The maximum absolute atomic E-state index is 11.2. The van der Waals surface area contributed by atoms with Crippen LogP contribution in [0.3, 0.4) is 0 Å². The third-order valence-electron chi connectivity index (χ3n) is 4.39. The van der Waals surface area contributed by atoms with Crippen molar-refractivity contribution in [2.75, 3.05) is 19.5 Å². The monoisotopic (exact) mass is 432 g/mol. The Balaban J connectivity index is 1.90. The number of hydrogen-bond acceptors (Lipinski definition) is 6. The fraction of sp³-hybridized carbons (Fsp3) is 0.105. The van der Waals surface area contributed by atoms with Crippen molar-refractivity contribution in [2.24, 2.45) is 0 Å². The number of benzene rings is 2. The van der Waals surface area contributed by atoms with Gasteiger partial charge in [-0.1, -0.05) is 23.2 Å². The number of methoxy groups -OCH3 is 2. The van der Waals surface area contributed by atoms with Gasteiger partial charge in [0, 0.05) is 12.1 Å². The number of hydrogen-bond donors (Lipinski definition) is 2. The molecule has 0 aliphatic heterocycles. The molecule has 0 amide bonds. The topological polar surface area (TPSA) is 98.0 Å². The summed E-state index contributed by atoms with van der Waals surface area (Å²) in [6.07, 6.45) is 3.28. The summed E-state index contributed by atoms with van der Waals surface area (Å²) in [7, 11) is 3.10. The number of carboxylic acid groups (broad SMARTS) is 1. The molecule has 0 saturated heterocycles. The van der Waals surface area contributed by atoms with Crippen LogP contribution in [-0.4, -0.2) is 39.7 Å². The molecule has 2 heterocycles. The molecule has 4 aromatic rings. The lowest BCUT2D eigenvalue weighted by Crippen LogP contribution is -2.03. The summed E-state index contributed by atoms with van der Waals surface area (Å²) in [5.41, 5.74) is 2.38. The van der Waals surface area contributed by atoms with Crippen LogP contribution in [0.15, 0.2) is 36.8 Å². The fourth-order valence-electron chi connectivity index (χ4n) is 3.01. The number of nitrogens with one attached hydrogen (secondary N) is 1. The number of fused-ring (bicyclic) bond motifs is 3. The molecule has 0 atom stereocenters. The highest BCUT2D eigenvalue weighted by Crippen LogP contribution is 2.37. The van der Waals surface area contributed by atoms with Crippen molar-refractivity contribution in [1.82, 2.24) is 14.4 Å². The summed E-state index contributed by atoms with van der Waals surface area (Å²) in [5.74, 6) is 0.408. The Bertz CT molecular complexity index is 1250. The Labute approximate surface area is 174 Å². The highest BCUT2D eigenvalue weighted by molar-refractivity contribution is 6.39. The third kappa shape index (κ3) is 3.26. The first kappa shape index (κ1) is 19.1. The molecule has 0 aliphatic carbocycles. The molecular formula is C19H14Cl2N4O4. The minimum absolute atomic E-state index is 0.0108. The zero-order chi connectivity index (χ0) is 20.7. The minimum atomic E-state index is -1.12. The number of aromatic carboxylic acids is 1. The molecule has 2 N–H and O–H groups in total. The first-order valence-electron chi connectivity index (χ1n) is 8.30. The normalized spacial score (nSPS) is 11.0. The molecule has 10 heteroatoms. The van der Waals surface area contributed by atoms with Gasteiger partial charge in [-0.05, 0) is 12.1 Å². The second-order valence-corrected chi connectivity index (χ2v) is 6.86. The van der Waals surface area contributed by atoms with Crippen molar-refractivity contribution in [3.63, 3.8) is 0 Å². The van der Waals surface area contributed by atoms with Crippen molar-refractivity contribution < 1.29 is 19.4 Å². The Morgan fingerprint density at radius 2 is 1.72 bits per heavy atom. The van der Waals surface area contributed by atoms with E-state index in [0.717, 1.165) is 5.52 Å². The van der Waals surface area contributed by atoms with Crippen LogP contribution in [0.4, 0.5) is 11.5 Å². The molecule has 0 bridgehead atoms. The standard InChI is InChI=1S/C19H14Cl2N4O4/c1-28-15-5-12-13(6-16(15)29-2)25-8-22-7-14(25)18(23-12)24-17-10(20)3-9(19(26)27)4-11(17)21/h3-8H,1-2H3,(H,23,24)(H,26,27). The molecule has 0 radical (unpaired) electrons. The van der Waals surface area contributed by atoms with Gasteiger partial charge in [-0.25, -0.2) is 14.8 Å². The molecule has 0 unspecified atom stereocenters. The van der Waals surface area contributed by atoms with E-state index in [-0.39, 0.29) is 15.6 Å². The Hall–Kier alpha value is -3.23. The summed E-state index contributed by atoms with van der Waals surface area (Å²) >= 11 is 12.5. The molecule has 2 aromatic heterocycles. The Morgan fingerprint density at radius 1 is 1.07 bits per heavy atom. The van der Waals surface area contributed by atoms with Crippen molar-refractivity contribution in [2.45, 2.75) is 0 Å². The smallest absolute Gasteiger partial charge is 0.335 e. The first-order chi connectivity index (χ1) is 13.9. The number of carboxylic acids is 1. The van der Waals surface area contributed by atoms with Gasteiger partial charge in [0.1, 0.15) is 5.52 Å². The lowest BCUT2D eigenvalue weighted by molar-refractivity contribution is 0.0697. The van der Waals surface area contributed by atoms with Gasteiger partial charge in [-0.15, -0.1) is 0 Å². The van der Waals surface area contributed by atoms with Crippen LogP contribution < -0.4 is 14.8 Å². The molecule has 0 spiro atoms. The van der Waals surface area contributed by atoms with Crippen LogP contribution in [0.5, 0.6) is 11.5 Å². The van der Waals surface area contributed by atoms with Crippen LogP contribution in [0.1, 0.15) is 10.4 Å². The van der Waals surface area contributed by atoms with Gasteiger partial charge in [0.15, 0.2) is 17.3 Å². The van der Waals surface area contributed by atoms with Crippen molar-refractivity contribution in [3.8, 4) is 11.5 Å². The van der Waals surface area contributed by atoms with E-state index >= 15 is 0 Å². The van der Waals surface area contributed by atoms with E-state index in [1.807, 2.05) is 4.40 Å². The maximum atomic E-state index is 11.2. The number of ether oxygens (including phenoxy) is 2. The van der Waals surface area contributed by atoms with Gasteiger partial charge in [0.2, 0.25) is 0 Å². The Morgan fingerprint density at radius 3 is 2.34 bits per heavy atom. The summed E-state index contributed by atoms with van der Waals surface area (Å²) in [6, 6.07) is 6.19. The summed E-state index contributed by atoms with van der Waals surface area (Å²) < 4.78 is 12.6. The molecule has 0 saturated carbocycles. The molecule has 29 heavy (non-hydrogen) atoms. The molecule has 2 aromatic carbocycles. The number of carbonyl (C=O) groups is 1. The second kappa shape index (κ2) is 7.31. The minimum Gasteiger partial charge on any atom is -0.493 e. The van der Waals surface area contributed by atoms with Crippen molar-refractivity contribution in [1.29, 1.82) is 0 Å². The lowest BCUT2D eigenvalue weighted by atomic mass is 10.2. The van der Waals surface area contributed by atoms with Gasteiger partial charge in [-0.3, -0.25) is 4.40 Å². The van der Waals surface area contributed by atoms with E-state index in [1.165, 1.54) is 12.1 Å². The van der Waals surface area contributed by atoms with Crippen LogP contribution in [0, 0.1) is 0 Å². The maximum Gasteiger partial charge on any atom is 0.335 e. The average Bonchev–Trinajstić information content (AvgIpc) is 3.19. The molecule has 0 aliphatic rings. The molecule has 148 valence electrons. The van der Waals surface area contributed by atoms with Gasteiger partial charge in [0.25, 0.3) is 0 Å². The Kier molecular flexibility index (Phi) is 4.81. The quantitative estimate of drug-likeness (QED) is 0.473. The summed E-state index contributed by atoms with van der Waals surface area (Å²) in [4.78, 5) is 20.0. The highest BCUT2D eigenvalue weighted by Gasteiger charge is 2.17. The van der Waals surface area contributed by atoms with E-state index in [1.54, 1.807) is 38.9 Å². The molecule has 8 nitrogen and oxygen atoms in total. The SMILES string of the molecule is COc1cc2nc(Nc3c(Cl)cc(C(=O)O)cc3Cl)c3cncn3c2cc1OC. The molecular weight excluding hydrogens is 419 g/mol. The van der Waals surface area contributed by atoms with E-state index in [0.29, 0.717) is 34.0 Å². The number of halogens is 2. The van der Waals surface area contributed by atoms with Gasteiger partial charge in [0.05, 0.1) is 59.1 Å². The van der Waals surface area contributed by atoms with E-state index in [4.69, 9.17) is 37.8 Å². The number of rotatable bonds is 5. The second-order valence-electron chi connectivity index (χ2n) is 6.05. The van der Waals surface area contributed by atoms with E-state index in [2.05, 4.69) is 15.3 Å².